The number of methoxy groups -OCH3 is 3. The zero-order valence-electron chi connectivity index (χ0n) is 27.9. The molecule has 1 aliphatic heterocycles. The van der Waals surface area contributed by atoms with Crippen LogP contribution in [0.25, 0.3) is 0 Å². The Balaban J connectivity index is 0.000000269. The van der Waals surface area contributed by atoms with Gasteiger partial charge in [0.2, 0.25) is 5.95 Å². The van der Waals surface area contributed by atoms with Crippen LogP contribution < -0.4 is 19.7 Å². The molecule has 0 bridgehead atoms. The number of nitrogens with zero attached hydrogens (tertiary/aromatic N) is 5. The van der Waals surface area contributed by atoms with Crippen LogP contribution in [-0.2, 0) is 24.3 Å². The molecule has 1 aromatic heterocycles. The number of rotatable bonds is 8. The number of anilines is 1. The Labute approximate surface area is 278 Å². The van der Waals surface area contributed by atoms with E-state index < -0.39 is 38.4 Å². The van der Waals surface area contributed by atoms with Crippen molar-refractivity contribution in [1.29, 1.82) is 0 Å². The van der Waals surface area contributed by atoms with Gasteiger partial charge in [-0.2, -0.15) is 15.0 Å². The Morgan fingerprint density at radius 3 is 2.15 bits per heavy atom. The number of aromatic nitrogens is 3. The second-order valence-corrected chi connectivity index (χ2v) is 12.5. The van der Waals surface area contributed by atoms with Crippen molar-refractivity contribution in [2.24, 2.45) is 10.9 Å². The summed E-state index contributed by atoms with van der Waals surface area (Å²) in [7, 11) is 0.693. The lowest BCUT2D eigenvalue weighted by Crippen LogP contribution is -2.42. The van der Waals surface area contributed by atoms with E-state index in [0.29, 0.717) is 17.0 Å². The first-order valence-electron chi connectivity index (χ1n) is 14.3. The summed E-state index contributed by atoms with van der Waals surface area (Å²) in [5, 5.41) is 2.79. The van der Waals surface area contributed by atoms with Gasteiger partial charge in [0.25, 0.3) is 15.9 Å². The fourth-order valence-corrected chi connectivity index (χ4v) is 5.38. The van der Waals surface area contributed by atoms with Gasteiger partial charge in [-0.15, -0.1) is 0 Å². The first kappa shape index (κ1) is 37.0. The van der Waals surface area contributed by atoms with Crippen LogP contribution in [0.1, 0.15) is 58.4 Å². The molecule has 3 aromatic rings. The SMILES string of the molecule is COC(=O)c1ccc(C)cc1C1=NC(C)(C(C)C)C(=O)N1.COC(=O)c1ccccc1S(=O)(=O)NC(=O)N(C)c1nc(C)nc(OC)n1. The average Bonchev–Trinajstić information content (AvgIpc) is 3.38. The normalized spacial score (nSPS) is 15.4. The lowest BCUT2D eigenvalue weighted by molar-refractivity contribution is -0.124. The van der Waals surface area contributed by atoms with Gasteiger partial charge in [0.1, 0.15) is 22.1 Å². The predicted molar refractivity (Wildman–Crippen MR) is 173 cm³/mol. The highest BCUT2D eigenvalue weighted by molar-refractivity contribution is 7.90. The van der Waals surface area contributed by atoms with Gasteiger partial charge in [0.15, 0.2) is 0 Å². The Bertz CT molecular complexity index is 1880. The number of amides is 3. The lowest BCUT2D eigenvalue weighted by Gasteiger charge is -2.21. The largest absolute Gasteiger partial charge is 0.467 e. The van der Waals surface area contributed by atoms with E-state index in [4.69, 9.17) is 9.47 Å². The van der Waals surface area contributed by atoms with Crippen molar-refractivity contribution < 1.29 is 41.8 Å². The first-order valence-corrected chi connectivity index (χ1v) is 15.8. The topological polar surface area (TPSA) is 208 Å². The quantitative estimate of drug-likeness (QED) is 0.329. The lowest BCUT2D eigenvalue weighted by atomic mass is 9.89. The summed E-state index contributed by atoms with van der Waals surface area (Å²) >= 11 is 0. The van der Waals surface area contributed by atoms with Crippen LogP contribution in [0.15, 0.2) is 52.4 Å². The number of nitrogens with one attached hydrogen (secondary N) is 2. The monoisotopic (exact) mass is 683 g/mol. The molecule has 48 heavy (non-hydrogen) atoms. The highest BCUT2D eigenvalue weighted by atomic mass is 32.2. The number of aryl methyl sites for hydroxylation is 2. The van der Waals surface area contributed by atoms with E-state index in [2.05, 4.69) is 30.0 Å². The van der Waals surface area contributed by atoms with Gasteiger partial charge in [0.05, 0.1) is 32.5 Å². The standard InChI is InChI=1S/C16H20N2O3.C15H17N5O6S/c1-9(2)16(4)15(20)17-13(18-16)12-8-10(3)6-7-11(12)14(19)21-5;1-9-16-13(18-14(17-9)26-4)20(2)15(22)19-27(23,24)11-8-6-5-7-10(11)12(21)25-3/h6-9H,1-5H3,(H,17,18,20);5-8H,1-4H3,(H,19,22). The first-order chi connectivity index (χ1) is 22.5. The van der Waals surface area contributed by atoms with Gasteiger partial charge in [-0.3, -0.25) is 14.7 Å². The Morgan fingerprint density at radius 2 is 1.56 bits per heavy atom. The second-order valence-electron chi connectivity index (χ2n) is 10.9. The third kappa shape index (κ3) is 8.09. The molecule has 4 rings (SSSR count). The van der Waals surface area contributed by atoms with Crippen LogP contribution in [0.3, 0.4) is 0 Å². The third-order valence-corrected chi connectivity index (χ3v) is 8.68. The molecule has 2 aromatic carbocycles. The number of benzene rings is 2. The van der Waals surface area contributed by atoms with E-state index in [1.165, 1.54) is 45.5 Å². The van der Waals surface area contributed by atoms with Crippen LogP contribution in [0.4, 0.5) is 10.7 Å². The van der Waals surface area contributed by atoms with Crippen molar-refractivity contribution >= 4 is 45.7 Å². The molecule has 0 saturated heterocycles. The molecule has 0 spiro atoms. The van der Waals surface area contributed by atoms with E-state index in [1.807, 2.05) is 37.6 Å². The molecule has 0 aliphatic carbocycles. The number of ether oxygens (including phenoxy) is 3. The maximum atomic E-state index is 12.6. The molecule has 0 saturated carbocycles. The van der Waals surface area contributed by atoms with Crippen molar-refractivity contribution in [2.75, 3.05) is 33.3 Å². The molecular weight excluding hydrogens is 646 g/mol. The van der Waals surface area contributed by atoms with Gasteiger partial charge in [0, 0.05) is 12.6 Å². The molecule has 1 aliphatic rings. The number of urea groups is 1. The minimum Gasteiger partial charge on any atom is -0.467 e. The summed E-state index contributed by atoms with van der Waals surface area (Å²) in [5.41, 5.74) is 0.954. The fourth-order valence-electron chi connectivity index (χ4n) is 4.20. The molecule has 0 fully saturated rings. The second kappa shape index (κ2) is 15.0. The van der Waals surface area contributed by atoms with Crippen molar-refractivity contribution in [1.82, 2.24) is 25.0 Å². The molecule has 256 valence electrons. The van der Waals surface area contributed by atoms with Crippen LogP contribution in [-0.4, -0.2) is 87.0 Å². The minimum absolute atomic E-state index is 0.0314. The molecule has 2 heterocycles. The number of amidine groups is 1. The Hall–Kier alpha value is -5.45. The molecule has 1 atom stereocenters. The summed E-state index contributed by atoms with van der Waals surface area (Å²) < 4.78 is 41.2. The molecule has 2 N–H and O–H groups in total. The van der Waals surface area contributed by atoms with E-state index in [0.717, 1.165) is 17.6 Å². The van der Waals surface area contributed by atoms with E-state index >= 15 is 0 Å². The van der Waals surface area contributed by atoms with Crippen LogP contribution in [0.5, 0.6) is 6.01 Å². The number of sulfonamides is 1. The smallest absolute Gasteiger partial charge is 0.339 e. The number of carbonyl (C=O) groups excluding carboxylic acids is 4. The van der Waals surface area contributed by atoms with Gasteiger partial charge in [-0.25, -0.2) is 27.5 Å². The number of hydrogen-bond donors (Lipinski definition) is 2. The molecule has 0 radical (unpaired) electrons. The van der Waals surface area contributed by atoms with Crippen molar-refractivity contribution in [2.45, 2.75) is 45.1 Å². The number of esters is 2. The van der Waals surface area contributed by atoms with Crippen LogP contribution in [0, 0.1) is 19.8 Å². The predicted octanol–water partition coefficient (Wildman–Crippen LogP) is 2.58. The highest BCUT2D eigenvalue weighted by Crippen LogP contribution is 2.28. The van der Waals surface area contributed by atoms with Gasteiger partial charge >= 0.3 is 24.0 Å². The van der Waals surface area contributed by atoms with E-state index in [-0.39, 0.29) is 35.2 Å². The molecule has 17 heteroatoms. The maximum absolute atomic E-state index is 12.6. The van der Waals surface area contributed by atoms with Crippen LogP contribution in [0.2, 0.25) is 0 Å². The summed E-state index contributed by atoms with van der Waals surface area (Å²) in [5.74, 6) is -0.801. The number of hydrogen-bond acceptors (Lipinski definition) is 13. The molecule has 16 nitrogen and oxygen atoms in total. The summed E-state index contributed by atoms with van der Waals surface area (Å²) in [4.78, 5) is 65.0. The van der Waals surface area contributed by atoms with Gasteiger partial charge in [-0.1, -0.05) is 37.6 Å². The van der Waals surface area contributed by atoms with Crippen LogP contribution >= 0.6 is 0 Å². The summed E-state index contributed by atoms with van der Waals surface area (Å²) in [6, 6.07) is 9.61. The minimum atomic E-state index is -4.37. The zero-order valence-corrected chi connectivity index (χ0v) is 28.8. The third-order valence-electron chi connectivity index (χ3n) is 7.30. The molecule has 1 unspecified atom stereocenters. The molecule has 3 amide bonds. The Morgan fingerprint density at radius 1 is 0.938 bits per heavy atom. The fraction of sp³-hybridized carbons (Fsp3) is 0.355. The van der Waals surface area contributed by atoms with Crippen molar-refractivity contribution in [3.63, 3.8) is 0 Å². The zero-order chi connectivity index (χ0) is 36.0. The number of aliphatic imine (C=N–C) groups is 1. The van der Waals surface area contributed by atoms with E-state index in [9.17, 15) is 27.6 Å². The summed E-state index contributed by atoms with van der Waals surface area (Å²) in [6.07, 6.45) is 0. The maximum Gasteiger partial charge on any atom is 0.339 e. The van der Waals surface area contributed by atoms with Crippen molar-refractivity contribution in [3.8, 4) is 6.01 Å². The summed E-state index contributed by atoms with van der Waals surface area (Å²) in [6.45, 7) is 9.17. The van der Waals surface area contributed by atoms with Crippen molar-refractivity contribution in [3.05, 3.63) is 70.5 Å². The van der Waals surface area contributed by atoms with Gasteiger partial charge in [-0.05, 0) is 51.0 Å². The Kier molecular flexibility index (Phi) is 11.5. The van der Waals surface area contributed by atoms with Gasteiger partial charge < -0.3 is 19.5 Å². The molecular formula is C31H37N7O9S. The van der Waals surface area contributed by atoms with E-state index in [1.54, 1.807) is 19.9 Å². The number of carbonyl (C=O) groups is 4. The highest BCUT2D eigenvalue weighted by Gasteiger charge is 2.42. The average molecular weight is 684 g/mol.